The number of aromatic nitrogens is 3. The highest BCUT2D eigenvalue weighted by atomic mass is 19.1. The standard InChI is InChI=1S/C16H21FN4O3/c1-20-11-18-19-16(20)15-9-21(6-7-23-15)8-13(22)10-24-14-4-2-12(17)3-5-14/h2-5,11,13,15,22H,6-10H2,1H3/t13-,15+/m0/s1. The molecule has 1 N–H and O–H groups in total. The van der Waals surface area contributed by atoms with E-state index in [1.165, 1.54) is 12.1 Å². The number of hydrogen-bond acceptors (Lipinski definition) is 6. The van der Waals surface area contributed by atoms with Crippen molar-refractivity contribution in [3.8, 4) is 5.75 Å². The zero-order valence-electron chi connectivity index (χ0n) is 13.5. The number of nitrogens with zero attached hydrogens (tertiary/aromatic N) is 4. The SMILES string of the molecule is Cn1cnnc1[C@H]1CN(C[C@H](O)COc2ccc(F)cc2)CCO1. The van der Waals surface area contributed by atoms with E-state index in [0.29, 0.717) is 25.4 Å². The first-order valence-corrected chi connectivity index (χ1v) is 7.86. The molecule has 0 aliphatic carbocycles. The summed E-state index contributed by atoms with van der Waals surface area (Å²) >= 11 is 0. The number of benzene rings is 1. The predicted octanol–water partition coefficient (Wildman–Crippen LogP) is 0.767. The number of hydrogen-bond donors (Lipinski definition) is 1. The molecule has 2 heterocycles. The van der Waals surface area contributed by atoms with Crippen LogP contribution in [0, 0.1) is 5.82 Å². The van der Waals surface area contributed by atoms with Crippen LogP contribution in [0.3, 0.4) is 0 Å². The minimum atomic E-state index is -0.645. The summed E-state index contributed by atoms with van der Waals surface area (Å²) in [6.07, 6.45) is 0.841. The Morgan fingerprint density at radius 2 is 2.21 bits per heavy atom. The summed E-state index contributed by atoms with van der Waals surface area (Å²) in [4.78, 5) is 2.11. The Bertz CT molecular complexity index is 649. The van der Waals surface area contributed by atoms with Crippen molar-refractivity contribution >= 4 is 0 Å². The number of halogens is 1. The number of ether oxygens (including phenoxy) is 2. The summed E-state index contributed by atoms with van der Waals surface area (Å²) in [5.74, 6) is 0.997. The number of morpholine rings is 1. The maximum Gasteiger partial charge on any atom is 0.163 e. The summed E-state index contributed by atoms with van der Waals surface area (Å²) in [6, 6.07) is 5.74. The van der Waals surface area contributed by atoms with Crippen LogP contribution in [0.1, 0.15) is 11.9 Å². The Labute approximate surface area is 139 Å². The molecular formula is C16H21FN4O3. The second-order valence-corrected chi connectivity index (χ2v) is 5.84. The lowest BCUT2D eigenvalue weighted by molar-refractivity contribution is -0.0506. The lowest BCUT2D eigenvalue weighted by atomic mass is 10.2. The summed E-state index contributed by atoms with van der Waals surface area (Å²) < 4.78 is 25.9. The molecule has 0 unspecified atom stereocenters. The minimum Gasteiger partial charge on any atom is -0.491 e. The molecular weight excluding hydrogens is 315 g/mol. The molecule has 2 atom stereocenters. The van der Waals surface area contributed by atoms with Gasteiger partial charge in [-0.05, 0) is 24.3 Å². The maximum absolute atomic E-state index is 12.8. The quantitative estimate of drug-likeness (QED) is 0.840. The highest BCUT2D eigenvalue weighted by Gasteiger charge is 2.26. The number of β-amino-alcohol motifs (C(OH)–C–C–N with tert-alkyl or cyclic N) is 1. The third-order valence-corrected chi connectivity index (χ3v) is 3.91. The maximum atomic E-state index is 12.8. The number of rotatable bonds is 6. The van der Waals surface area contributed by atoms with Crippen molar-refractivity contribution in [2.75, 3.05) is 32.8 Å². The molecule has 0 saturated carbocycles. The fourth-order valence-electron chi connectivity index (χ4n) is 2.68. The van der Waals surface area contributed by atoms with Crippen molar-refractivity contribution in [2.45, 2.75) is 12.2 Å². The molecule has 130 valence electrons. The molecule has 0 bridgehead atoms. The Morgan fingerprint density at radius 3 is 2.92 bits per heavy atom. The molecule has 1 fully saturated rings. The topological polar surface area (TPSA) is 72.6 Å². The molecule has 0 amide bonds. The van der Waals surface area contributed by atoms with E-state index in [9.17, 15) is 9.50 Å². The van der Waals surface area contributed by atoms with Crippen LogP contribution in [-0.4, -0.2) is 63.7 Å². The van der Waals surface area contributed by atoms with Gasteiger partial charge in [-0.1, -0.05) is 0 Å². The van der Waals surface area contributed by atoms with Crippen molar-refractivity contribution in [3.05, 3.63) is 42.2 Å². The Morgan fingerprint density at radius 1 is 1.42 bits per heavy atom. The van der Waals surface area contributed by atoms with Crippen LogP contribution in [0.5, 0.6) is 5.75 Å². The fourth-order valence-corrected chi connectivity index (χ4v) is 2.68. The Kier molecular flexibility index (Phi) is 5.39. The van der Waals surface area contributed by atoms with Gasteiger partial charge in [0.05, 0.1) is 6.61 Å². The van der Waals surface area contributed by atoms with Gasteiger partial charge in [-0.15, -0.1) is 10.2 Å². The summed E-state index contributed by atoms with van der Waals surface area (Å²) in [5, 5.41) is 18.1. The molecule has 7 nitrogen and oxygen atoms in total. The average Bonchev–Trinajstić information content (AvgIpc) is 3.01. The van der Waals surface area contributed by atoms with E-state index in [4.69, 9.17) is 9.47 Å². The molecule has 3 rings (SSSR count). The van der Waals surface area contributed by atoms with Crippen LogP contribution < -0.4 is 4.74 Å². The van der Waals surface area contributed by atoms with E-state index in [0.717, 1.165) is 12.4 Å². The van der Waals surface area contributed by atoms with Gasteiger partial charge in [0.25, 0.3) is 0 Å². The Hall–Kier alpha value is -2.03. The minimum absolute atomic E-state index is 0.150. The van der Waals surface area contributed by atoms with Gasteiger partial charge >= 0.3 is 0 Å². The van der Waals surface area contributed by atoms with Crippen molar-refractivity contribution in [1.82, 2.24) is 19.7 Å². The van der Waals surface area contributed by atoms with E-state index in [1.54, 1.807) is 18.5 Å². The first-order valence-electron chi connectivity index (χ1n) is 7.86. The monoisotopic (exact) mass is 336 g/mol. The normalized spacial score (nSPS) is 20.0. The zero-order valence-corrected chi connectivity index (χ0v) is 13.5. The second-order valence-electron chi connectivity index (χ2n) is 5.84. The number of aliphatic hydroxyl groups excluding tert-OH is 1. The lowest BCUT2D eigenvalue weighted by Crippen LogP contribution is -2.44. The molecule has 0 radical (unpaired) electrons. The van der Waals surface area contributed by atoms with Gasteiger partial charge in [-0.25, -0.2) is 4.39 Å². The fraction of sp³-hybridized carbons (Fsp3) is 0.500. The van der Waals surface area contributed by atoms with Crippen LogP contribution in [0.25, 0.3) is 0 Å². The number of aliphatic hydroxyl groups is 1. The van der Waals surface area contributed by atoms with E-state index >= 15 is 0 Å². The zero-order chi connectivity index (χ0) is 16.9. The summed E-state index contributed by atoms with van der Waals surface area (Å²) in [7, 11) is 1.88. The summed E-state index contributed by atoms with van der Waals surface area (Å²) in [5.41, 5.74) is 0. The molecule has 0 spiro atoms. The van der Waals surface area contributed by atoms with Crippen LogP contribution in [-0.2, 0) is 11.8 Å². The lowest BCUT2D eigenvalue weighted by Gasteiger charge is -2.33. The average molecular weight is 336 g/mol. The van der Waals surface area contributed by atoms with Gasteiger partial charge < -0.3 is 19.1 Å². The van der Waals surface area contributed by atoms with Gasteiger partial charge in [0.15, 0.2) is 5.82 Å². The van der Waals surface area contributed by atoms with Gasteiger partial charge in [0.2, 0.25) is 0 Å². The third kappa shape index (κ3) is 4.28. The smallest absolute Gasteiger partial charge is 0.163 e. The summed E-state index contributed by atoms with van der Waals surface area (Å²) in [6.45, 7) is 2.57. The van der Waals surface area contributed by atoms with Gasteiger partial charge in [-0.3, -0.25) is 4.90 Å². The highest BCUT2D eigenvalue weighted by Crippen LogP contribution is 2.20. The van der Waals surface area contributed by atoms with Crippen LogP contribution in [0.2, 0.25) is 0 Å². The van der Waals surface area contributed by atoms with Crippen molar-refractivity contribution in [1.29, 1.82) is 0 Å². The number of aryl methyl sites for hydroxylation is 1. The van der Waals surface area contributed by atoms with Crippen LogP contribution in [0.15, 0.2) is 30.6 Å². The first kappa shape index (κ1) is 16.8. The molecule has 1 aromatic carbocycles. The molecule has 2 aromatic rings. The molecule has 1 saturated heterocycles. The van der Waals surface area contributed by atoms with Gasteiger partial charge in [-0.2, -0.15) is 0 Å². The van der Waals surface area contributed by atoms with Gasteiger partial charge in [0, 0.05) is 26.7 Å². The molecule has 1 aliphatic rings. The van der Waals surface area contributed by atoms with E-state index in [2.05, 4.69) is 15.1 Å². The van der Waals surface area contributed by atoms with E-state index in [-0.39, 0.29) is 18.5 Å². The van der Waals surface area contributed by atoms with Gasteiger partial charge in [0.1, 0.15) is 36.7 Å². The first-order chi connectivity index (χ1) is 11.6. The van der Waals surface area contributed by atoms with Crippen molar-refractivity contribution in [3.63, 3.8) is 0 Å². The molecule has 8 heteroatoms. The van der Waals surface area contributed by atoms with Crippen molar-refractivity contribution < 1.29 is 19.0 Å². The Balaban J connectivity index is 1.48. The molecule has 24 heavy (non-hydrogen) atoms. The third-order valence-electron chi connectivity index (χ3n) is 3.91. The predicted molar refractivity (Wildman–Crippen MR) is 84.0 cm³/mol. The van der Waals surface area contributed by atoms with E-state index < -0.39 is 6.10 Å². The van der Waals surface area contributed by atoms with E-state index in [1.807, 2.05) is 11.6 Å². The molecule has 1 aromatic heterocycles. The largest absolute Gasteiger partial charge is 0.491 e. The van der Waals surface area contributed by atoms with Crippen LogP contribution >= 0.6 is 0 Å². The molecule has 1 aliphatic heterocycles. The second kappa shape index (κ2) is 7.69. The van der Waals surface area contributed by atoms with Crippen molar-refractivity contribution in [2.24, 2.45) is 7.05 Å². The van der Waals surface area contributed by atoms with Crippen LogP contribution in [0.4, 0.5) is 4.39 Å². The highest BCUT2D eigenvalue weighted by molar-refractivity contribution is 5.22.